The maximum absolute atomic E-state index is 13.9. The van der Waals surface area contributed by atoms with Gasteiger partial charge < -0.3 is 9.15 Å². The third-order valence-electron chi connectivity index (χ3n) is 5.69. The fourth-order valence-corrected chi connectivity index (χ4v) is 4.15. The molecule has 0 aliphatic heterocycles. The molecule has 1 heterocycles. The summed E-state index contributed by atoms with van der Waals surface area (Å²) < 4.78 is 52.0. The topological polar surface area (TPSA) is 56.5 Å². The normalized spacial score (nSPS) is 11.9. The summed E-state index contributed by atoms with van der Waals surface area (Å²) in [4.78, 5) is 25.5. The van der Waals surface area contributed by atoms with E-state index in [1.54, 1.807) is 6.08 Å². The van der Waals surface area contributed by atoms with Gasteiger partial charge in [-0.25, -0.2) is 4.79 Å². The van der Waals surface area contributed by atoms with Crippen LogP contribution in [0, 0.1) is 0 Å². The van der Waals surface area contributed by atoms with Crippen molar-refractivity contribution >= 4 is 45.4 Å². The number of fused-ring (bicyclic) bond motifs is 2. The van der Waals surface area contributed by atoms with Crippen LogP contribution in [0.3, 0.4) is 0 Å². The van der Waals surface area contributed by atoms with E-state index in [2.05, 4.69) is 0 Å². The van der Waals surface area contributed by atoms with E-state index in [4.69, 9.17) is 20.8 Å². The average molecular weight is 521 g/mol. The van der Waals surface area contributed by atoms with Gasteiger partial charge in [0.25, 0.3) is 0 Å². The maximum atomic E-state index is 13.9. The van der Waals surface area contributed by atoms with Gasteiger partial charge in [0.15, 0.2) is 0 Å². The predicted molar refractivity (Wildman–Crippen MR) is 137 cm³/mol. The van der Waals surface area contributed by atoms with E-state index in [0.29, 0.717) is 5.02 Å². The first kappa shape index (κ1) is 24.3. The molecule has 0 atom stereocenters. The van der Waals surface area contributed by atoms with E-state index in [0.717, 1.165) is 22.4 Å². The molecule has 4 nitrogen and oxygen atoms in total. The summed E-state index contributed by atoms with van der Waals surface area (Å²) in [6.07, 6.45) is -2.14. The number of alkyl halides is 3. The molecule has 0 aliphatic rings. The van der Waals surface area contributed by atoms with E-state index in [-0.39, 0.29) is 22.3 Å². The minimum Gasteiger partial charge on any atom is -0.450 e. The number of ether oxygens (including phenoxy) is 1. The molecule has 0 unspecified atom stereocenters. The molecule has 0 amide bonds. The molecule has 37 heavy (non-hydrogen) atoms. The van der Waals surface area contributed by atoms with Gasteiger partial charge in [-0.2, -0.15) is 13.2 Å². The van der Waals surface area contributed by atoms with E-state index in [9.17, 15) is 22.8 Å². The van der Waals surface area contributed by atoms with Crippen LogP contribution < -0.4 is 10.2 Å². The molecule has 5 aromatic rings. The first-order valence-corrected chi connectivity index (χ1v) is 11.4. The van der Waals surface area contributed by atoms with Crippen LogP contribution in [0.25, 0.3) is 38.9 Å². The summed E-state index contributed by atoms with van der Waals surface area (Å²) in [7, 11) is 0. The Morgan fingerprint density at radius 1 is 0.892 bits per heavy atom. The van der Waals surface area contributed by atoms with Gasteiger partial charge in [-0.05, 0) is 52.2 Å². The summed E-state index contributed by atoms with van der Waals surface area (Å²) in [6, 6.07) is 22.4. The largest absolute Gasteiger partial charge is 0.450 e. The monoisotopic (exact) mass is 520 g/mol. The Hall–Kier alpha value is -4.36. The van der Waals surface area contributed by atoms with Crippen LogP contribution in [0.15, 0.2) is 100 Å². The van der Waals surface area contributed by atoms with Crippen molar-refractivity contribution in [1.29, 1.82) is 0 Å². The summed E-state index contributed by atoms with van der Waals surface area (Å²) in [5.41, 5.74) is -1.05. The average Bonchev–Trinajstić information content (AvgIpc) is 2.87. The molecule has 0 spiro atoms. The van der Waals surface area contributed by atoms with Crippen molar-refractivity contribution in [3.05, 3.63) is 118 Å². The first-order chi connectivity index (χ1) is 17.7. The van der Waals surface area contributed by atoms with Crippen molar-refractivity contribution < 1.29 is 27.1 Å². The molecule has 5 rings (SSSR count). The zero-order valence-electron chi connectivity index (χ0n) is 18.9. The second-order valence-electron chi connectivity index (χ2n) is 8.12. The second kappa shape index (κ2) is 9.59. The molecule has 0 fully saturated rings. The smallest absolute Gasteiger partial charge is 0.450 e. The number of hydrogen-bond acceptors (Lipinski definition) is 4. The number of hydrogen-bond donors (Lipinski definition) is 0. The molecule has 0 N–H and O–H groups in total. The van der Waals surface area contributed by atoms with Crippen LogP contribution in [0.2, 0.25) is 5.02 Å². The molecule has 0 saturated carbocycles. The van der Waals surface area contributed by atoms with E-state index in [1.807, 2.05) is 42.5 Å². The first-order valence-electron chi connectivity index (χ1n) is 11.0. The SMILES string of the molecule is O=C(C=Cc1cccc2ccccc12)Oc1ccc2c(=O)c(-c3ccc(Cl)cc3)c(C(F)(F)F)oc2c1. The van der Waals surface area contributed by atoms with Gasteiger partial charge in [0.2, 0.25) is 11.2 Å². The highest BCUT2D eigenvalue weighted by atomic mass is 35.5. The number of rotatable bonds is 4. The lowest BCUT2D eigenvalue weighted by atomic mass is 10.0. The molecule has 4 aromatic carbocycles. The second-order valence-corrected chi connectivity index (χ2v) is 8.56. The van der Waals surface area contributed by atoms with Gasteiger partial charge in [0.05, 0.1) is 10.9 Å². The molecule has 0 radical (unpaired) electrons. The standard InChI is InChI=1S/C29H16ClF3O4/c30-20-11-8-19(9-12-20)26-27(35)23-14-13-21(16-24(23)37-28(26)29(31,32)33)36-25(34)15-10-18-6-3-5-17-4-1-2-7-22(17)18/h1-16H. The van der Waals surface area contributed by atoms with E-state index >= 15 is 0 Å². The lowest BCUT2D eigenvalue weighted by Crippen LogP contribution is -2.16. The zero-order valence-corrected chi connectivity index (χ0v) is 19.6. The molecule has 0 bridgehead atoms. The van der Waals surface area contributed by atoms with Crippen molar-refractivity contribution in [2.45, 2.75) is 6.18 Å². The third kappa shape index (κ3) is 4.99. The van der Waals surface area contributed by atoms with Crippen LogP contribution in [-0.4, -0.2) is 5.97 Å². The molecule has 184 valence electrons. The molecule has 1 aromatic heterocycles. The Morgan fingerprint density at radius 3 is 2.38 bits per heavy atom. The number of benzene rings is 4. The van der Waals surface area contributed by atoms with E-state index < -0.39 is 28.9 Å². The lowest BCUT2D eigenvalue weighted by Gasteiger charge is -2.13. The van der Waals surface area contributed by atoms with Crippen LogP contribution in [0.1, 0.15) is 11.3 Å². The van der Waals surface area contributed by atoms with Crippen molar-refractivity contribution in [2.24, 2.45) is 0 Å². The highest BCUT2D eigenvalue weighted by Crippen LogP contribution is 2.38. The Morgan fingerprint density at radius 2 is 1.62 bits per heavy atom. The summed E-state index contributed by atoms with van der Waals surface area (Å²) in [6.45, 7) is 0. The van der Waals surface area contributed by atoms with Crippen LogP contribution >= 0.6 is 11.6 Å². The minimum absolute atomic E-state index is 0.0152. The van der Waals surface area contributed by atoms with Crippen molar-refractivity contribution in [3.63, 3.8) is 0 Å². The quantitative estimate of drug-likeness (QED) is 0.137. The fraction of sp³-hybridized carbons (Fsp3) is 0.0345. The van der Waals surface area contributed by atoms with Crippen LogP contribution in [-0.2, 0) is 11.0 Å². The summed E-state index contributed by atoms with van der Waals surface area (Å²) in [5.74, 6) is -2.27. The molecular weight excluding hydrogens is 505 g/mol. The Labute approximate surface area is 213 Å². The lowest BCUT2D eigenvalue weighted by molar-refractivity contribution is -0.152. The van der Waals surface area contributed by atoms with Crippen LogP contribution in [0.5, 0.6) is 5.75 Å². The van der Waals surface area contributed by atoms with Crippen molar-refractivity contribution in [3.8, 4) is 16.9 Å². The Balaban J connectivity index is 1.49. The molecule has 0 saturated heterocycles. The van der Waals surface area contributed by atoms with Crippen LogP contribution in [0.4, 0.5) is 13.2 Å². The van der Waals surface area contributed by atoms with E-state index in [1.165, 1.54) is 42.5 Å². The third-order valence-corrected chi connectivity index (χ3v) is 5.95. The Bertz CT molecular complexity index is 1730. The van der Waals surface area contributed by atoms with Gasteiger partial charge in [-0.1, -0.05) is 66.2 Å². The summed E-state index contributed by atoms with van der Waals surface area (Å²) >= 11 is 5.84. The highest BCUT2D eigenvalue weighted by Gasteiger charge is 2.39. The van der Waals surface area contributed by atoms with Gasteiger partial charge in [-0.15, -0.1) is 0 Å². The molecule has 8 heteroatoms. The van der Waals surface area contributed by atoms with Gasteiger partial charge in [-0.3, -0.25) is 4.79 Å². The highest BCUT2D eigenvalue weighted by molar-refractivity contribution is 6.30. The zero-order chi connectivity index (χ0) is 26.2. The minimum atomic E-state index is -4.95. The summed E-state index contributed by atoms with van der Waals surface area (Å²) in [5, 5.41) is 2.16. The van der Waals surface area contributed by atoms with Crippen molar-refractivity contribution in [1.82, 2.24) is 0 Å². The predicted octanol–water partition coefficient (Wildman–Crippen LogP) is 7.90. The number of carbonyl (C=O) groups excluding carboxylic acids is 1. The van der Waals surface area contributed by atoms with Gasteiger partial charge >= 0.3 is 12.1 Å². The van der Waals surface area contributed by atoms with Gasteiger partial charge in [0.1, 0.15) is 11.3 Å². The number of halogens is 4. The van der Waals surface area contributed by atoms with Crippen molar-refractivity contribution in [2.75, 3.05) is 0 Å². The van der Waals surface area contributed by atoms with Gasteiger partial charge in [0, 0.05) is 17.2 Å². The molecule has 0 aliphatic carbocycles. The maximum Gasteiger partial charge on any atom is 0.450 e. The number of carbonyl (C=O) groups is 1. The fourth-order valence-electron chi connectivity index (χ4n) is 4.02. The Kier molecular flexibility index (Phi) is 6.31. The molecular formula is C29H16ClF3O4. The number of esters is 1.